The topological polar surface area (TPSA) is 125 Å². The Bertz CT molecular complexity index is 1520. The van der Waals surface area contributed by atoms with E-state index in [9.17, 15) is 9.59 Å². The zero-order valence-electron chi connectivity index (χ0n) is 22.1. The van der Waals surface area contributed by atoms with Crippen LogP contribution in [0.25, 0.3) is 27.7 Å². The quantitative estimate of drug-likeness (QED) is 0.380. The highest BCUT2D eigenvalue weighted by Crippen LogP contribution is 2.30. The molecule has 0 radical (unpaired) electrons. The van der Waals surface area contributed by atoms with Gasteiger partial charge in [-0.3, -0.25) is 14.7 Å². The van der Waals surface area contributed by atoms with E-state index in [1.807, 2.05) is 51.1 Å². The van der Waals surface area contributed by atoms with E-state index in [4.69, 9.17) is 20.2 Å². The number of fused-ring (bicyclic) bond motifs is 2. The number of amides is 1. The van der Waals surface area contributed by atoms with Crippen molar-refractivity contribution >= 4 is 34.2 Å². The van der Waals surface area contributed by atoms with E-state index < -0.39 is 11.7 Å². The average molecular weight is 517 g/mol. The normalized spacial score (nSPS) is 14.6. The molecule has 4 heterocycles. The Hall–Kier alpha value is -4.05. The number of hydrogen-bond acceptors (Lipinski definition) is 8. The molecular weight excluding hydrogens is 484 g/mol. The molecule has 1 amide bonds. The number of aromatic nitrogens is 4. The third-order valence-corrected chi connectivity index (χ3v) is 6.59. The van der Waals surface area contributed by atoms with Gasteiger partial charge in [0, 0.05) is 42.0 Å². The summed E-state index contributed by atoms with van der Waals surface area (Å²) in [6, 6.07) is 9.74. The largest absolute Gasteiger partial charge is 0.444 e. The number of ketones is 1. The van der Waals surface area contributed by atoms with Crippen molar-refractivity contribution in [3.05, 3.63) is 54.0 Å². The molecular formula is C28H32N6O4. The van der Waals surface area contributed by atoms with Crippen molar-refractivity contribution < 1.29 is 19.1 Å². The van der Waals surface area contributed by atoms with Crippen LogP contribution in [0, 0.1) is 0 Å². The van der Waals surface area contributed by atoms with Gasteiger partial charge in [-0.25, -0.2) is 9.78 Å². The fourth-order valence-corrected chi connectivity index (χ4v) is 4.80. The van der Waals surface area contributed by atoms with E-state index in [0.29, 0.717) is 37.4 Å². The third kappa shape index (κ3) is 5.04. The van der Waals surface area contributed by atoms with Gasteiger partial charge in [0.25, 0.3) is 0 Å². The summed E-state index contributed by atoms with van der Waals surface area (Å²) >= 11 is 0. The molecule has 0 unspecified atom stereocenters. The number of ether oxygens (including phenoxy) is 2. The molecule has 4 aromatic rings. The second kappa shape index (κ2) is 10.0. The fourth-order valence-electron chi connectivity index (χ4n) is 4.80. The van der Waals surface area contributed by atoms with Crippen LogP contribution in [0.4, 0.5) is 10.6 Å². The van der Waals surface area contributed by atoms with Crippen molar-refractivity contribution in [3.8, 4) is 11.1 Å². The number of nitrogen functional groups attached to an aromatic ring is 1. The summed E-state index contributed by atoms with van der Waals surface area (Å²) in [6.07, 6.45) is 4.29. The van der Waals surface area contributed by atoms with Crippen LogP contribution in [0.15, 0.2) is 42.7 Å². The summed E-state index contributed by atoms with van der Waals surface area (Å²) in [4.78, 5) is 37.2. The Kier molecular flexibility index (Phi) is 6.75. The summed E-state index contributed by atoms with van der Waals surface area (Å²) in [6.45, 7) is 8.06. The Balaban J connectivity index is 1.62. The molecule has 1 aliphatic heterocycles. The number of nitrogens with two attached hydrogens (primary N) is 1. The highest BCUT2D eigenvalue weighted by atomic mass is 16.6. The number of anilines is 1. The molecule has 2 N–H and O–H groups in total. The third-order valence-electron chi connectivity index (χ3n) is 6.59. The lowest BCUT2D eigenvalue weighted by Crippen LogP contribution is -2.45. The van der Waals surface area contributed by atoms with Gasteiger partial charge in [-0.05, 0) is 52.7 Å². The summed E-state index contributed by atoms with van der Waals surface area (Å²) in [7, 11) is 0. The van der Waals surface area contributed by atoms with Crippen LogP contribution >= 0.6 is 0 Å². The molecule has 1 aliphatic rings. The minimum absolute atomic E-state index is 0.0653. The van der Waals surface area contributed by atoms with Gasteiger partial charge in [-0.1, -0.05) is 18.2 Å². The first-order chi connectivity index (χ1) is 18.1. The second-order valence-corrected chi connectivity index (χ2v) is 10.5. The number of carbonyl (C=O) groups is 2. The van der Waals surface area contributed by atoms with Crippen LogP contribution < -0.4 is 5.73 Å². The Labute approximate surface area is 220 Å². The summed E-state index contributed by atoms with van der Waals surface area (Å²) in [5, 5.41) is 5.42. The molecule has 0 atom stereocenters. The molecule has 10 nitrogen and oxygen atoms in total. The van der Waals surface area contributed by atoms with Crippen LogP contribution in [0.1, 0.15) is 56.6 Å². The Morgan fingerprint density at radius 1 is 1.18 bits per heavy atom. The van der Waals surface area contributed by atoms with Crippen molar-refractivity contribution in [1.29, 1.82) is 0 Å². The van der Waals surface area contributed by atoms with E-state index in [0.717, 1.165) is 22.0 Å². The van der Waals surface area contributed by atoms with Crippen molar-refractivity contribution in [2.75, 3.05) is 18.9 Å². The molecule has 0 spiro atoms. The second-order valence-electron chi connectivity index (χ2n) is 10.5. The van der Waals surface area contributed by atoms with E-state index in [2.05, 4.69) is 10.1 Å². The van der Waals surface area contributed by atoms with Crippen molar-refractivity contribution in [2.24, 2.45) is 0 Å². The van der Waals surface area contributed by atoms with Gasteiger partial charge in [0.15, 0.2) is 11.4 Å². The standard InChI is InChI=1S/C28H32N6O4/c1-17(35)24-23(16-33(20-9-11-37-12-10-20)27(36)38-28(2,3)4)32-26-21(15-31-34(26)25(24)29)19-13-18-7-5-6-8-22(18)30-14-19/h5-8,13-15,20H,9-12,16,29H2,1-4H3. The maximum atomic E-state index is 13.3. The molecule has 0 saturated carbocycles. The van der Waals surface area contributed by atoms with E-state index >= 15 is 0 Å². The average Bonchev–Trinajstić information content (AvgIpc) is 3.30. The van der Waals surface area contributed by atoms with Gasteiger partial charge in [0.05, 0.1) is 29.5 Å². The molecule has 3 aromatic heterocycles. The number of pyridine rings is 1. The number of Topliss-reactive ketones (excluding diaryl/α,β-unsaturated/α-hetero) is 1. The first kappa shape index (κ1) is 25.6. The van der Waals surface area contributed by atoms with Crippen LogP contribution in [-0.4, -0.2) is 61.2 Å². The van der Waals surface area contributed by atoms with Crippen LogP contribution in [0.3, 0.4) is 0 Å². The Morgan fingerprint density at radius 2 is 1.92 bits per heavy atom. The van der Waals surface area contributed by atoms with Gasteiger partial charge in [-0.15, -0.1) is 0 Å². The van der Waals surface area contributed by atoms with Gasteiger partial charge in [0.1, 0.15) is 11.4 Å². The zero-order chi connectivity index (χ0) is 27.0. The van der Waals surface area contributed by atoms with Crippen LogP contribution in [-0.2, 0) is 16.0 Å². The lowest BCUT2D eigenvalue weighted by atomic mass is 10.0. The van der Waals surface area contributed by atoms with Gasteiger partial charge >= 0.3 is 6.09 Å². The number of nitrogens with zero attached hydrogens (tertiary/aromatic N) is 5. The highest BCUT2D eigenvalue weighted by molar-refractivity contribution is 6.00. The maximum Gasteiger partial charge on any atom is 0.410 e. The van der Waals surface area contributed by atoms with Crippen LogP contribution in [0.2, 0.25) is 0 Å². The first-order valence-electron chi connectivity index (χ1n) is 12.7. The lowest BCUT2D eigenvalue weighted by molar-refractivity contribution is -0.00848. The van der Waals surface area contributed by atoms with Gasteiger partial charge in [0.2, 0.25) is 0 Å². The number of benzene rings is 1. The first-order valence-corrected chi connectivity index (χ1v) is 12.7. The maximum absolute atomic E-state index is 13.3. The van der Waals surface area contributed by atoms with E-state index in [1.165, 1.54) is 11.4 Å². The van der Waals surface area contributed by atoms with E-state index in [1.54, 1.807) is 17.3 Å². The Morgan fingerprint density at radius 3 is 2.63 bits per heavy atom. The molecule has 1 saturated heterocycles. The number of carbonyl (C=O) groups excluding carboxylic acids is 2. The molecule has 10 heteroatoms. The molecule has 1 aromatic carbocycles. The zero-order valence-corrected chi connectivity index (χ0v) is 22.1. The van der Waals surface area contributed by atoms with Crippen molar-refractivity contribution in [2.45, 2.75) is 58.7 Å². The molecule has 5 rings (SSSR count). The van der Waals surface area contributed by atoms with Gasteiger partial charge in [-0.2, -0.15) is 9.61 Å². The SMILES string of the molecule is CC(=O)c1c(CN(C(=O)OC(C)(C)C)C2CCOCC2)nc2c(-c3cnc4ccccc4c3)cnn2c1N. The number of rotatable bonds is 5. The molecule has 198 valence electrons. The van der Waals surface area contributed by atoms with Crippen molar-refractivity contribution in [3.63, 3.8) is 0 Å². The summed E-state index contributed by atoms with van der Waals surface area (Å²) in [5.41, 5.74) is 9.37. The predicted octanol–water partition coefficient (Wildman–Crippen LogP) is 4.65. The lowest BCUT2D eigenvalue weighted by Gasteiger charge is -2.35. The van der Waals surface area contributed by atoms with Crippen LogP contribution in [0.5, 0.6) is 0 Å². The highest BCUT2D eigenvalue weighted by Gasteiger charge is 2.32. The smallest absolute Gasteiger partial charge is 0.410 e. The van der Waals surface area contributed by atoms with Crippen molar-refractivity contribution in [1.82, 2.24) is 24.5 Å². The van der Waals surface area contributed by atoms with E-state index in [-0.39, 0.29) is 29.8 Å². The molecule has 0 bridgehead atoms. The number of hydrogen-bond donors (Lipinski definition) is 1. The molecule has 0 aliphatic carbocycles. The molecule has 1 fully saturated rings. The van der Waals surface area contributed by atoms with Gasteiger partial charge < -0.3 is 15.2 Å². The predicted molar refractivity (Wildman–Crippen MR) is 144 cm³/mol. The fraction of sp³-hybridized carbons (Fsp3) is 0.393. The summed E-state index contributed by atoms with van der Waals surface area (Å²) < 4.78 is 12.7. The molecule has 38 heavy (non-hydrogen) atoms. The summed E-state index contributed by atoms with van der Waals surface area (Å²) in [5.74, 6) is -0.0824. The number of para-hydroxylation sites is 1. The minimum atomic E-state index is -0.679. The minimum Gasteiger partial charge on any atom is -0.444 e. The monoisotopic (exact) mass is 516 g/mol.